The minimum Gasteiger partial charge on any atom is -0.395 e. The van der Waals surface area contributed by atoms with Crippen molar-refractivity contribution in [2.45, 2.75) is 83.0 Å². The molecule has 6 nitrogen and oxygen atoms in total. The molecule has 6 heteroatoms. The van der Waals surface area contributed by atoms with Gasteiger partial charge in [-0.05, 0) is 31.6 Å². The van der Waals surface area contributed by atoms with Crippen LogP contribution in [-0.2, 0) is 4.79 Å². The second-order valence-corrected chi connectivity index (χ2v) is 7.73. The average Bonchev–Trinajstić information content (AvgIpc) is 2.94. The highest BCUT2D eigenvalue weighted by Crippen LogP contribution is 2.36. The molecule has 5 N–H and O–H groups in total. The van der Waals surface area contributed by atoms with Crippen LogP contribution >= 0.6 is 0 Å². The van der Waals surface area contributed by atoms with E-state index in [4.69, 9.17) is 5.11 Å². The van der Waals surface area contributed by atoms with Gasteiger partial charge in [-0.1, -0.05) is 50.5 Å². The fourth-order valence-corrected chi connectivity index (χ4v) is 3.70. The van der Waals surface area contributed by atoms with E-state index in [1.54, 1.807) is 6.08 Å². The Morgan fingerprint density at radius 2 is 1.96 bits per heavy atom. The van der Waals surface area contributed by atoms with Gasteiger partial charge in [0.05, 0.1) is 24.9 Å². The Morgan fingerprint density at radius 3 is 2.68 bits per heavy atom. The number of hydrogen-bond donors (Lipinski definition) is 5. The minimum atomic E-state index is -0.581. The summed E-state index contributed by atoms with van der Waals surface area (Å²) in [5.74, 6) is -0.262. The molecule has 1 aliphatic rings. The van der Waals surface area contributed by atoms with Gasteiger partial charge in [-0.3, -0.25) is 4.79 Å². The zero-order valence-electron chi connectivity index (χ0n) is 17.2. The summed E-state index contributed by atoms with van der Waals surface area (Å²) in [6.45, 7) is 2.37. The molecule has 1 saturated carbocycles. The first kappa shape index (κ1) is 24.8. The number of aliphatic hydroxyl groups excluding tert-OH is 4. The van der Waals surface area contributed by atoms with E-state index in [-0.39, 0.29) is 24.3 Å². The smallest absolute Gasteiger partial charge is 0.220 e. The van der Waals surface area contributed by atoms with E-state index < -0.39 is 18.3 Å². The lowest BCUT2D eigenvalue weighted by Gasteiger charge is -2.19. The average molecular weight is 398 g/mol. The third kappa shape index (κ3) is 9.82. The van der Waals surface area contributed by atoms with Crippen molar-refractivity contribution >= 4 is 5.91 Å². The molecule has 0 aromatic rings. The van der Waals surface area contributed by atoms with Crippen LogP contribution in [0.1, 0.15) is 64.7 Å². The SMILES string of the molecule is CCCCCC(O)/C=C/C1C(O)CC(O)C1C/C=C/CCCC(=O)NCCO. The van der Waals surface area contributed by atoms with Crippen molar-refractivity contribution in [1.29, 1.82) is 0 Å². The van der Waals surface area contributed by atoms with Crippen LogP contribution in [0.4, 0.5) is 0 Å². The number of carbonyl (C=O) groups is 1. The van der Waals surface area contributed by atoms with Gasteiger partial charge in [-0.2, -0.15) is 0 Å². The fourth-order valence-electron chi connectivity index (χ4n) is 3.70. The number of carbonyl (C=O) groups excluding carboxylic acids is 1. The second-order valence-electron chi connectivity index (χ2n) is 7.73. The zero-order chi connectivity index (χ0) is 20.8. The molecule has 0 aliphatic heterocycles. The molecule has 162 valence electrons. The van der Waals surface area contributed by atoms with Crippen molar-refractivity contribution < 1.29 is 25.2 Å². The Morgan fingerprint density at radius 1 is 1.18 bits per heavy atom. The summed E-state index contributed by atoms with van der Waals surface area (Å²) >= 11 is 0. The van der Waals surface area contributed by atoms with E-state index >= 15 is 0 Å². The van der Waals surface area contributed by atoms with Gasteiger partial charge < -0.3 is 25.7 Å². The van der Waals surface area contributed by atoms with E-state index in [0.717, 1.165) is 38.5 Å². The molecule has 0 saturated heterocycles. The highest BCUT2D eigenvalue weighted by atomic mass is 16.3. The van der Waals surface area contributed by atoms with Gasteiger partial charge in [0.2, 0.25) is 5.91 Å². The van der Waals surface area contributed by atoms with Crippen LogP contribution in [0.5, 0.6) is 0 Å². The molecule has 0 aromatic heterocycles. The standard InChI is InChI=1S/C22H39NO5/c1-2-3-6-9-17(25)12-13-19-18(20(26)16-21(19)27)10-7-4-5-8-11-22(28)23-14-15-24/h4,7,12-13,17-21,24-27H,2-3,5-6,8-11,14-16H2,1H3,(H,23,28)/b7-4+,13-12+. The van der Waals surface area contributed by atoms with Crippen LogP contribution < -0.4 is 5.32 Å². The third-order valence-electron chi connectivity index (χ3n) is 5.36. The molecule has 28 heavy (non-hydrogen) atoms. The van der Waals surface area contributed by atoms with Crippen molar-refractivity contribution in [1.82, 2.24) is 5.32 Å². The third-order valence-corrected chi connectivity index (χ3v) is 5.36. The topological polar surface area (TPSA) is 110 Å². The number of amides is 1. The van der Waals surface area contributed by atoms with Crippen LogP contribution in [0, 0.1) is 11.8 Å². The van der Waals surface area contributed by atoms with Gasteiger partial charge in [-0.15, -0.1) is 0 Å². The molecule has 5 atom stereocenters. The minimum absolute atomic E-state index is 0.0490. The molecule has 0 aromatic carbocycles. The maximum absolute atomic E-state index is 11.4. The molecule has 0 bridgehead atoms. The van der Waals surface area contributed by atoms with Crippen LogP contribution in [0.25, 0.3) is 0 Å². The Labute approximate surface area is 169 Å². The number of hydrogen-bond acceptors (Lipinski definition) is 5. The Bertz CT molecular complexity index is 480. The molecule has 1 fully saturated rings. The molecule has 1 rings (SSSR count). The summed E-state index contributed by atoms with van der Waals surface area (Å²) in [5, 5.41) is 41.8. The number of allylic oxidation sites excluding steroid dienone is 2. The summed E-state index contributed by atoms with van der Waals surface area (Å²) in [6.07, 6.45) is 12.9. The Balaban J connectivity index is 2.39. The predicted molar refractivity (Wildman–Crippen MR) is 111 cm³/mol. The Hall–Kier alpha value is -1.21. The first-order chi connectivity index (χ1) is 13.5. The summed E-state index contributed by atoms with van der Waals surface area (Å²) < 4.78 is 0. The van der Waals surface area contributed by atoms with Gasteiger partial charge in [-0.25, -0.2) is 0 Å². The molecule has 5 unspecified atom stereocenters. The summed E-state index contributed by atoms with van der Waals surface area (Å²) in [7, 11) is 0. The fraction of sp³-hybridized carbons (Fsp3) is 0.773. The molecule has 1 amide bonds. The highest BCUT2D eigenvalue weighted by Gasteiger charge is 2.39. The van der Waals surface area contributed by atoms with E-state index in [9.17, 15) is 20.1 Å². The van der Waals surface area contributed by atoms with Gasteiger partial charge in [0.1, 0.15) is 0 Å². The monoisotopic (exact) mass is 397 g/mol. The molecule has 0 radical (unpaired) electrons. The highest BCUT2D eigenvalue weighted by molar-refractivity contribution is 5.75. The van der Waals surface area contributed by atoms with Crippen molar-refractivity contribution in [2.75, 3.05) is 13.2 Å². The van der Waals surface area contributed by atoms with E-state index in [1.165, 1.54) is 0 Å². The van der Waals surface area contributed by atoms with Crippen molar-refractivity contribution in [2.24, 2.45) is 11.8 Å². The molecular formula is C22H39NO5. The number of rotatable bonds is 14. The number of unbranched alkanes of at least 4 members (excludes halogenated alkanes) is 3. The molecule has 0 spiro atoms. The quantitative estimate of drug-likeness (QED) is 0.228. The molecular weight excluding hydrogens is 358 g/mol. The maximum atomic E-state index is 11.4. The normalized spacial score (nSPS) is 26.3. The van der Waals surface area contributed by atoms with Crippen LogP contribution in [0.2, 0.25) is 0 Å². The van der Waals surface area contributed by atoms with Gasteiger partial charge in [0.25, 0.3) is 0 Å². The van der Waals surface area contributed by atoms with Crippen LogP contribution in [-0.4, -0.2) is 57.8 Å². The van der Waals surface area contributed by atoms with Crippen molar-refractivity contribution in [3.63, 3.8) is 0 Å². The lowest BCUT2D eigenvalue weighted by atomic mass is 9.89. The van der Waals surface area contributed by atoms with E-state index in [0.29, 0.717) is 25.8 Å². The van der Waals surface area contributed by atoms with Gasteiger partial charge in [0, 0.05) is 25.3 Å². The zero-order valence-corrected chi connectivity index (χ0v) is 17.2. The Kier molecular flexibility index (Phi) is 13.1. The number of nitrogens with one attached hydrogen (secondary N) is 1. The lowest BCUT2D eigenvalue weighted by Crippen LogP contribution is -2.25. The summed E-state index contributed by atoms with van der Waals surface area (Å²) in [6, 6.07) is 0. The first-order valence-electron chi connectivity index (χ1n) is 10.7. The summed E-state index contributed by atoms with van der Waals surface area (Å²) in [4.78, 5) is 11.4. The van der Waals surface area contributed by atoms with Crippen molar-refractivity contribution in [3.8, 4) is 0 Å². The van der Waals surface area contributed by atoms with E-state index in [1.807, 2.05) is 18.2 Å². The summed E-state index contributed by atoms with van der Waals surface area (Å²) in [5.41, 5.74) is 0. The largest absolute Gasteiger partial charge is 0.395 e. The van der Waals surface area contributed by atoms with Crippen LogP contribution in [0.3, 0.4) is 0 Å². The molecule has 0 heterocycles. The lowest BCUT2D eigenvalue weighted by molar-refractivity contribution is -0.121. The maximum Gasteiger partial charge on any atom is 0.220 e. The van der Waals surface area contributed by atoms with Crippen LogP contribution in [0.15, 0.2) is 24.3 Å². The second kappa shape index (κ2) is 14.7. The van der Waals surface area contributed by atoms with Gasteiger partial charge in [0.15, 0.2) is 0 Å². The van der Waals surface area contributed by atoms with Gasteiger partial charge >= 0.3 is 0 Å². The predicted octanol–water partition coefficient (Wildman–Crippen LogP) is 2.07. The number of aliphatic hydroxyl groups is 4. The van der Waals surface area contributed by atoms with Crippen molar-refractivity contribution in [3.05, 3.63) is 24.3 Å². The molecule has 1 aliphatic carbocycles. The van der Waals surface area contributed by atoms with E-state index in [2.05, 4.69) is 12.2 Å². The first-order valence-corrected chi connectivity index (χ1v) is 10.7.